The molecule has 1 heterocycles. The Morgan fingerprint density at radius 1 is 1.36 bits per heavy atom. The van der Waals surface area contributed by atoms with E-state index in [1.54, 1.807) is 0 Å². The molecule has 0 aromatic heterocycles. The van der Waals surface area contributed by atoms with Gasteiger partial charge in [-0.25, -0.2) is 0 Å². The normalized spacial score (nSPS) is 19.5. The maximum absolute atomic E-state index is 11.6. The van der Waals surface area contributed by atoms with Gasteiger partial charge in [-0.15, -0.1) is 0 Å². The summed E-state index contributed by atoms with van der Waals surface area (Å²) in [4.78, 5) is 13.9. The van der Waals surface area contributed by atoms with E-state index in [-0.39, 0.29) is 11.9 Å². The number of benzene rings is 1. The number of hydrogen-bond donors (Lipinski definition) is 3. The molecular formula is C19H31N3O3. The Morgan fingerprint density at radius 3 is 2.92 bits per heavy atom. The number of β-amino-alcohol motifs (C(OH)–C–C–N with tert-alkyl or cyclic N) is 1. The van der Waals surface area contributed by atoms with E-state index in [9.17, 15) is 9.90 Å². The van der Waals surface area contributed by atoms with Gasteiger partial charge in [0.25, 0.3) is 0 Å². The highest BCUT2D eigenvalue weighted by molar-refractivity contribution is 5.76. The maximum Gasteiger partial charge on any atom is 0.221 e. The first-order valence-electron chi connectivity index (χ1n) is 9.19. The predicted octanol–water partition coefficient (Wildman–Crippen LogP) is 0.884. The van der Waals surface area contributed by atoms with Gasteiger partial charge in [0.05, 0.1) is 19.3 Å². The van der Waals surface area contributed by atoms with Crippen molar-refractivity contribution in [2.45, 2.75) is 44.4 Å². The quantitative estimate of drug-likeness (QED) is 0.584. The zero-order valence-electron chi connectivity index (χ0n) is 14.9. The second-order valence-electron chi connectivity index (χ2n) is 6.64. The van der Waals surface area contributed by atoms with Crippen LogP contribution in [0.15, 0.2) is 30.3 Å². The van der Waals surface area contributed by atoms with Gasteiger partial charge in [-0.3, -0.25) is 9.69 Å². The molecular weight excluding hydrogens is 318 g/mol. The van der Waals surface area contributed by atoms with Crippen molar-refractivity contribution in [3.8, 4) is 0 Å². The molecule has 6 nitrogen and oxygen atoms in total. The molecule has 140 valence electrons. The van der Waals surface area contributed by atoms with Crippen LogP contribution in [0.2, 0.25) is 0 Å². The molecule has 1 amide bonds. The number of amides is 1. The summed E-state index contributed by atoms with van der Waals surface area (Å²) in [6, 6.07) is 10.2. The van der Waals surface area contributed by atoms with E-state index < -0.39 is 6.10 Å². The van der Waals surface area contributed by atoms with Gasteiger partial charge in [0, 0.05) is 32.1 Å². The van der Waals surface area contributed by atoms with Crippen LogP contribution in [0.5, 0.6) is 0 Å². The predicted molar refractivity (Wildman–Crippen MR) is 98.0 cm³/mol. The molecule has 25 heavy (non-hydrogen) atoms. The number of aliphatic hydroxyl groups is 1. The summed E-state index contributed by atoms with van der Waals surface area (Å²) < 4.78 is 5.63. The van der Waals surface area contributed by atoms with Gasteiger partial charge in [0.15, 0.2) is 0 Å². The van der Waals surface area contributed by atoms with Crippen molar-refractivity contribution in [3.05, 3.63) is 35.9 Å². The Bertz CT molecular complexity index is 498. The number of nitrogens with zero attached hydrogens (tertiary/aromatic N) is 1. The summed E-state index contributed by atoms with van der Waals surface area (Å²) in [6.45, 7) is 3.35. The standard InChI is InChI=1S/C19H31N3O3/c20-10-9-19(24)21-12-17-8-4-5-11-22(17)13-18(23)15-25-14-16-6-2-1-3-7-16/h1-3,6-7,17-18,23H,4-5,8-15,20H2,(H,21,24). The minimum absolute atomic E-state index is 0.000216. The van der Waals surface area contributed by atoms with Crippen LogP contribution in [-0.4, -0.2) is 60.8 Å². The zero-order chi connectivity index (χ0) is 17.9. The molecule has 2 atom stereocenters. The van der Waals surface area contributed by atoms with Crippen molar-refractivity contribution in [2.24, 2.45) is 5.73 Å². The molecule has 0 radical (unpaired) electrons. The first-order valence-corrected chi connectivity index (χ1v) is 9.19. The lowest BCUT2D eigenvalue weighted by molar-refractivity contribution is -0.121. The highest BCUT2D eigenvalue weighted by atomic mass is 16.5. The number of aliphatic hydroxyl groups excluding tert-OH is 1. The Balaban J connectivity index is 1.70. The number of rotatable bonds is 10. The molecule has 1 aromatic carbocycles. The molecule has 2 rings (SSSR count). The van der Waals surface area contributed by atoms with Gasteiger partial charge < -0.3 is 20.9 Å². The van der Waals surface area contributed by atoms with E-state index in [0.29, 0.717) is 39.3 Å². The van der Waals surface area contributed by atoms with Crippen LogP contribution < -0.4 is 11.1 Å². The number of hydrogen-bond acceptors (Lipinski definition) is 5. The summed E-state index contributed by atoms with van der Waals surface area (Å²) in [7, 11) is 0. The first kappa shape index (κ1) is 19.8. The third kappa shape index (κ3) is 7.52. The number of ether oxygens (including phenoxy) is 1. The lowest BCUT2D eigenvalue weighted by Gasteiger charge is -2.37. The fourth-order valence-corrected chi connectivity index (χ4v) is 3.19. The SMILES string of the molecule is NCCC(=O)NCC1CCCCN1CC(O)COCc1ccccc1. The van der Waals surface area contributed by atoms with Crippen LogP contribution in [0.1, 0.15) is 31.2 Å². The molecule has 0 aliphatic carbocycles. The zero-order valence-corrected chi connectivity index (χ0v) is 14.9. The third-order valence-electron chi connectivity index (χ3n) is 4.52. The first-order chi connectivity index (χ1) is 12.2. The summed E-state index contributed by atoms with van der Waals surface area (Å²) >= 11 is 0. The molecule has 2 unspecified atom stereocenters. The number of carbonyl (C=O) groups excluding carboxylic acids is 1. The third-order valence-corrected chi connectivity index (χ3v) is 4.52. The van der Waals surface area contributed by atoms with E-state index in [1.165, 1.54) is 0 Å². The molecule has 4 N–H and O–H groups in total. The van der Waals surface area contributed by atoms with Crippen molar-refractivity contribution in [1.82, 2.24) is 10.2 Å². The average Bonchev–Trinajstić information content (AvgIpc) is 2.62. The monoisotopic (exact) mass is 349 g/mol. The van der Waals surface area contributed by atoms with Gasteiger partial charge in [0.2, 0.25) is 5.91 Å². The molecule has 1 saturated heterocycles. The molecule has 1 aromatic rings. The van der Waals surface area contributed by atoms with E-state index in [0.717, 1.165) is 31.4 Å². The van der Waals surface area contributed by atoms with Crippen molar-refractivity contribution in [2.75, 3.05) is 32.8 Å². The van der Waals surface area contributed by atoms with Crippen LogP contribution in [0.25, 0.3) is 0 Å². The van der Waals surface area contributed by atoms with Crippen LogP contribution in [0, 0.1) is 0 Å². The van der Waals surface area contributed by atoms with E-state index in [4.69, 9.17) is 10.5 Å². The highest BCUT2D eigenvalue weighted by Crippen LogP contribution is 2.17. The fourth-order valence-electron chi connectivity index (χ4n) is 3.19. The van der Waals surface area contributed by atoms with Crippen molar-refractivity contribution in [1.29, 1.82) is 0 Å². The van der Waals surface area contributed by atoms with Gasteiger partial charge in [0.1, 0.15) is 0 Å². The van der Waals surface area contributed by atoms with Crippen molar-refractivity contribution >= 4 is 5.91 Å². The topological polar surface area (TPSA) is 87.8 Å². The Morgan fingerprint density at radius 2 is 2.16 bits per heavy atom. The second-order valence-corrected chi connectivity index (χ2v) is 6.64. The second kappa shape index (κ2) is 11.2. The Kier molecular flexibility index (Phi) is 8.90. The average molecular weight is 349 g/mol. The Labute approximate surface area is 150 Å². The summed E-state index contributed by atoms with van der Waals surface area (Å²) in [5.74, 6) is -0.000216. The fraction of sp³-hybridized carbons (Fsp3) is 0.632. The van der Waals surface area contributed by atoms with Crippen LogP contribution >= 0.6 is 0 Å². The maximum atomic E-state index is 11.6. The lowest BCUT2D eigenvalue weighted by atomic mass is 10.0. The minimum atomic E-state index is -0.524. The van der Waals surface area contributed by atoms with Crippen LogP contribution in [-0.2, 0) is 16.1 Å². The van der Waals surface area contributed by atoms with E-state index in [1.807, 2.05) is 30.3 Å². The van der Waals surface area contributed by atoms with Crippen LogP contribution in [0.4, 0.5) is 0 Å². The van der Waals surface area contributed by atoms with Gasteiger partial charge >= 0.3 is 0 Å². The largest absolute Gasteiger partial charge is 0.389 e. The van der Waals surface area contributed by atoms with Crippen molar-refractivity contribution in [3.63, 3.8) is 0 Å². The lowest BCUT2D eigenvalue weighted by Crippen LogP contribution is -2.49. The summed E-state index contributed by atoms with van der Waals surface area (Å²) in [6.07, 6.45) is 3.17. The van der Waals surface area contributed by atoms with Gasteiger partial charge in [-0.05, 0) is 24.9 Å². The molecule has 1 fully saturated rings. The molecule has 0 bridgehead atoms. The molecule has 1 aliphatic rings. The number of carbonyl (C=O) groups is 1. The smallest absolute Gasteiger partial charge is 0.221 e. The van der Waals surface area contributed by atoms with E-state index >= 15 is 0 Å². The number of likely N-dealkylation sites (tertiary alicyclic amines) is 1. The van der Waals surface area contributed by atoms with Crippen LogP contribution in [0.3, 0.4) is 0 Å². The van der Waals surface area contributed by atoms with Gasteiger partial charge in [-0.1, -0.05) is 36.8 Å². The van der Waals surface area contributed by atoms with Crippen molar-refractivity contribution < 1.29 is 14.6 Å². The molecule has 6 heteroatoms. The summed E-state index contributed by atoms with van der Waals surface area (Å²) in [5.41, 5.74) is 6.51. The van der Waals surface area contributed by atoms with E-state index in [2.05, 4.69) is 10.2 Å². The number of nitrogens with two attached hydrogens (primary N) is 1. The molecule has 0 saturated carbocycles. The molecule has 1 aliphatic heterocycles. The summed E-state index contributed by atoms with van der Waals surface area (Å²) in [5, 5.41) is 13.2. The highest BCUT2D eigenvalue weighted by Gasteiger charge is 2.24. The number of nitrogens with one attached hydrogen (secondary N) is 1. The van der Waals surface area contributed by atoms with Gasteiger partial charge in [-0.2, -0.15) is 0 Å². The number of piperidine rings is 1. The molecule has 0 spiro atoms. The Hall–Kier alpha value is -1.47. The minimum Gasteiger partial charge on any atom is -0.389 e.